The molecule has 0 unspecified atom stereocenters. The van der Waals surface area contributed by atoms with Crippen LogP contribution in [0, 0.1) is 13.8 Å². The van der Waals surface area contributed by atoms with E-state index in [0.29, 0.717) is 12.2 Å². The summed E-state index contributed by atoms with van der Waals surface area (Å²) >= 11 is 0. The molecule has 1 aliphatic heterocycles. The molecule has 2 aromatic rings. The average Bonchev–Trinajstić information content (AvgIpc) is 3.18. The highest BCUT2D eigenvalue weighted by molar-refractivity contribution is 5.95. The van der Waals surface area contributed by atoms with Crippen LogP contribution in [0.3, 0.4) is 0 Å². The number of aryl methyl sites for hydroxylation is 3. The highest BCUT2D eigenvalue weighted by Crippen LogP contribution is 2.27. The highest BCUT2D eigenvalue weighted by Gasteiger charge is 2.27. The van der Waals surface area contributed by atoms with Crippen molar-refractivity contribution in [3.05, 3.63) is 40.6 Å². The minimum Gasteiger partial charge on any atom is -0.466 e. The third-order valence-corrected chi connectivity index (χ3v) is 4.31. The van der Waals surface area contributed by atoms with E-state index in [2.05, 4.69) is 10.4 Å². The van der Waals surface area contributed by atoms with Crippen molar-refractivity contribution < 1.29 is 13.9 Å². The van der Waals surface area contributed by atoms with Crippen molar-refractivity contribution >= 4 is 5.91 Å². The number of furan rings is 1. The summed E-state index contributed by atoms with van der Waals surface area (Å²) in [5.41, 5.74) is 2.47. The van der Waals surface area contributed by atoms with E-state index in [1.807, 2.05) is 33.9 Å². The van der Waals surface area contributed by atoms with E-state index in [1.54, 1.807) is 10.9 Å². The van der Waals surface area contributed by atoms with Crippen LogP contribution in [0.5, 0.6) is 0 Å². The van der Waals surface area contributed by atoms with E-state index in [0.717, 1.165) is 35.8 Å². The Bertz CT molecular complexity index is 711. The van der Waals surface area contributed by atoms with Crippen LogP contribution >= 0.6 is 0 Å². The van der Waals surface area contributed by atoms with Crippen molar-refractivity contribution in [1.82, 2.24) is 15.1 Å². The Labute approximate surface area is 135 Å². The monoisotopic (exact) mass is 317 g/mol. The van der Waals surface area contributed by atoms with Gasteiger partial charge >= 0.3 is 0 Å². The molecule has 1 aliphatic rings. The molecule has 0 aromatic carbocycles. The zero-order chi connectivity index (χ0) is 16.6. The number of rotatable bonds is 4. The topological polar surface area (TPSA) is 69.3 Å². The van der Waals surface area contributed by atoms with Crippen LogP contribution in [0.1, 0.15) is 58.4 Å². The van der Waals surface area contributed by atoms with Gasteiger partial charge in [0.2, 0.25) is 0 Å². The fraction of sp³-hybridized carbons (Fsp3) is 0.529. The molecule has 1 fully saturated rings. The van der Waals surface area contributed by atoms with Crippen LogP contribution in [0.4, 0.5) is 0 Å². The van der Waals surface area contributed by atoms with Crippen molar-refractivity contribution in [2.45, 2.75) is 39.2 Å². The van der Waals surface area contributed by atoms with E-state index in [4.69, 9.17) is 9.15 Å². The summed E-state index contributed by atoms with van der Waals surface area (Å²) in [6, 6.07) is 1.85. The summed E-state index contributed by atoms with van der Waals surface area (Å²) in [7, 11) is 1.84. The Morgan fingerprint density at radius 2 is 2.26 bits per heavy atom. The largest absolute Gasteiger partial charge is 0.466 e. The van der Waals surface area contributed by atoms with E-state index in [-0.39, 0.29) is 17.9 Å². The Balaban J connectivity index is 1.79. The second kappa shape index (κ2) is 6.20. The average molecular weight is 317 g/mol. The zero-order valence-corrected chi connectivity index (χ0v) is 14.0. The number of carbonyl (C=O) groups excluding carboxylic acids is 1. The summed E-state index contributed by atoms with van der Waals surface area (Å²) in [6.07, 6.45) is 2.69. The number of hydrogen-bond acceptors (Lipinski definition) is 4. The second-order valence-electron chi connectivity index (χ2n) is 6.23. The van der Waals surface area contributed by atoms with Crippen LogP contribution in [0.25, 0.3) is 0 Å². The Morgan fingerprint density at radius 3 is 2.87 bits per heavy atom. The van der Waals surface area contributed by atoms with E-state index >= 15 is 0 Å². The molecule has 3 heterocycles. The summed E-state index contributed by atoms with van der Waals surface area (Å²) < 4.78 is 12.7. The summed E-state index contributed by atoms with van der Waals surface area (Å²) in [5, 5.41) is 7.52. The minimum atomic E-state index is -0.118. The van der Waals surface area contributed by atoms with Gasteiger partial charge in [0.1, 0.15) is 11.5 Å². The van der Waals surface area contributed by atoms with Gasteiger partial charge in [-0.15, -0.1) is 0 Å². The summed E-state index contributed by atoms with van der Waals surface area (Å²) in [4.78, 5) is 12.7. The van der Waals surface area contributed by atoms with Crippen molar-refractivity contribution in [2.24, 2.45) is 7.05 Å². The Kier molecular flexibility index (Phi) is 4.26. The first kappa shape index (κ1) is 15.8. The Hall–Kier alpha value is -2.08. The van der Waals surface area contributed by atoms with Gasteiger partial charge in [-0.2, -0.15) is 5.10 Å². The molecule has 0 saturated carbocycles. The smallest absolute Gasteiger partial charge is 0.255 e. The fourth-order valence-corrected chi connectivity index (χ4v) is 3.16. The van der Waals surface area contributed by atoms with Crippen LogP contribution < -0.4 is 5.32 Å². The number of carbonyl (C=O) groups is 1. The van der Waals surface area contributed by atoms with Gasteiger partial charge in [0, 0.05) is 31.3 Å². The third-order valence-electron chi connectivity index (χ3n) is 4.31. The van der Waals surface area contributed by atoms with Crippen LogP contribution in [-0.2, 0) is 11.8 Å². The van der Waals surface area contributed by atoms with Gasteiger partial charge in [0.15, 0.2) is 0 Å². The molecule has 2 aromatic heterocycles. The molecule has 2 atom stereocenters. The molecule has 1 N–H and O–H groups in total. The van der Waals surface area contributed by atoms with Crippen LogP contribution in [0.2, 0.25) is 0 Å². The molecule has 1 amide bonds. The first-order chi connectivity index (χ1) is 11.0. The molecule has 23 heavy (non-hydrogen) atoms. The second-order valence-corrected chi connectivity index (χ2v) is 6.23. The lowest BCUT2D eigenvalue weighted by Gasteiger charge is -2.14. The third kappa shape index (κ3) is 3.17. The number of nitrogens with one attached hydrogen (secondary N) is 1. The van der Waals surface area contributed by atoms with Gasteiger partial charge in [0.05, 0.1) is 23.9 Å². The molecule has 0 radical (unpaired) electrons. The van der Waals surface area contributed by atoms with E-state index in [1.165, 1.54) is 0 Å². The first-order valence-electron chi connectivity index (χ1n) is 7.94. The van der Waals surface area contributed by atoms with Crippen molar-refractivity contribution in [3.8, 4) is 0 Å². The fourth-order valence-electron chi connectivity index (χ4n) is 3.16. The molecule has 0 aliphatic carbocycles. The maximum atomic E-state index is 12.7. The Morgan fingerprint density at radius 1 is 1.48 bits per heavy atom. The van der Waals surface area contributed by atoms with Crippen LogP contribution in [0.15, 0.2) is 16.7 Å². The van der Waals surface area contributed by atoms with Crippen molar-refractivity contribution in [1.29, 1.82) is 0 Å². The van der Waals surface area contributed by atoms with Crippen molar-refractivity contribution in [2.75, 3.05) is 13.2 Å². The number of ether oxygens (including phenoxy) is 1. The molecular weight excluding hydrogens is 294 g/mol. The lowest BCUT2D eigenvalue weighted by Crippen LogP contribution is -2.27. The maximum Gasteiger partial charge on any atom is 0.255 e. The normalized spacial score (nSPS) is 19.0. The lowest BCUT2D eigenvalue weighted by atomic mass is 10.0. The van der Waals surface area contributed by atoms with Gasteiger partial charge in [-0.05, 0) is 33.3 Å². The molecule has 0 bridgehead atoms. The van der Waals surface area contributed by atoms with Gasteiger partial charge in [-0.25, -0.2) is 0 Å². The summed E-state index contributed by atoms with van der Waals surface area (Å²) in [5.74, 6) is 1.78. The first-order valence-corrected chi connectivity index (χ1v) is 7.94. The number of amides is 1. The lowest BCUT2D eigenvalue weighted by molar-refractivity contribution is 0.0938. The number of nitrogens with zero attached hydrogens (tertiary/aromatic N) is 2. The van der Waals surface area contributed by atoms with Crippen LogP contribution in [-0.4, -0.2) is 28.9 Å². The predicted octanol–water partition coefficient (Wildman–Crippen LogP) is 2.62. The van der Waals surface area contributed by atoms with Gasteiger partial charge in [0.25, 0.3) is 5.91 Å². The number of aromatic nitrogens is 2. The van der Waals surface area contributed by atoms with Crippen molar-refractivity contribution in [3.63, 3.8) is 0 Å². The number of hydrogen-bond donors (Lipinski definition) is 1. The molecule has 6 nitrogen and oxygen atoms in total. The molecule has 0 spiro atoms. The molecule has 3 rings (SSSR count). The van der Waals surface area contributed by atoms with E-state index in [9.17, 15) is 4.79 Å². The maximum absolute atomic E-state index is 12.7. The minimum absolute atomic E-state index is 0.106. The highest BCUT2D eigenvalue weighted by atomic mass is 16.5. The zero-order valence-electron chi connectivity index (χ0n) is 14.0. The van der Waals surface area contributed by atoms with Gasteiger partial charge in [-0.1, -0.05) is 0 Å². The molecule has 1 saturated heterocycles. The summed E-state index contributed by atoms with van der Waals surface area (Å²) in [6.45, 7) is 7.14. The molecule has 124 valence electrons. The standard InChI is InChI=1S/C17H23N3O3/c1-10-7-14(12(3)23-10)11(2)18-17(21)15-8-20(4)19-16(15)13-5-6-22-9-13/h7-8,11,13H,5-6,9H2,1-4H3,(H,18,21)/t11-,13+/m0/s1. The quantitative estimate of drug-likeness (QED) is 0.941. The predicted molar refractivity (Wildman–Crippen MR) is 85.4 cm³/mol. The molecular formula is C17H23N3O3. The van der Waals surface area contributed by atoms with E-state index < -0.39 is 0 Å². The van der Waals surface area contributed by atoms with Gasteiger partial charge in [-0.3, -0.25) is 9.48 Å². The SMILES string of the molecule is Cc1cc([C@H](C)NC(=O)c2cn(C)nc2[C@@H]2CCOC2)c(C)o1. The van der Waals surface area contributed by atoms with Gasteiger partial charge < -0.3 is 14.5 Å². The molecule has 6 heteroatoms.